The van der Waals surface area contributed by atoms with Gasteiger partial charge in [0.05, 0.1) is 6.61 Å². The first-order chi connectivity index (χ1) is 6.29. The summed E-state index contributed by atoms with van der Waals surface area (Å²) in [7, 11) is 1.90. The molecular weight excluding hydrogens is 162 g/mol. The molecule has 0 aliphatic rings. The van der Waals surface area contributed by atoms with E-state index < -0.39 is 0 Å². The van der Waals surface area contributed by atoms with E-state index in [4.69, 9.17) is 0 Å². The normalized spacial score (nSPS) is 12.8. The Morgan fingerprint density at radius 3 is 2.62 bits per heavy atom. The number of hydrogen-bond acceptors (Lipinski definition) is 2. The zero-order valence-electron chi connectivity index (χ0n) is 8.25. The van der Waals surface area contributed by atoms with Gasteiger partial charge in [-0.3, -0.25) is 0 Å². The summed E-state index contributed by atoms with van der Waals surface area (Å²) >= 11 is 0. The fraction of sp³-hybridized carbons (Fsp3) is 0.455. The van der Waals surface area contributed by atoms with E-state index >= 15 is 0 Å². The molecule has 2 nitrogen and oxygen atoms in total. The van der Waals surface area contributed by atoms with Crippen LogP contribution < -0.4 is 5.32 Å². The van der Waals surface area contributed by atoms with Crippen LogP contribution in [0.4, 0.5) is 0 Å². The van der Waals surface area contributed by atoms with Crippen LogP contribution in [-0.4, -0.2) is 25.3 Å². The molecule has 0 aliphatic carbocycles. The summed E-state index contributed by atoms with van der Waals surface area (Å²) in [6.07, 6.45) is 0. The van der Waals surface area contributed by atoms with Gasteiger partial charge in [-0.25, -0.2) is 0 Å². The number of benzene rings is 1. The first kappa shape index (κ1) is 10.2. The van der Waals surface area contributed by atoms with Gasteiger partial charge in [0, 0.05) is 12.5 Å². The lowest BCUT2D eigenvalue weighted by molar-refractivity contribution is 0.263. The van der Waals surface area contributed by atoms with Crippen LogP contribution in [0.3, 0.4) is 0 Å². The number of hydrogen-bond donors (Lipinski definition) is 2. The van der Waals surface area contributed by atoms with E-state index in [0.717, 1.165) is 6.54 Å². The highest BCUT2D eigenvalue weighted by Gasteiger charge is 2.10. The zero-order chi connectivity index (χ0) is 9.68. The SMILES string of the molecule is CNCC(CO)c1ccccc1C. The number of aliphatic hydroxyl groups is 1. The Bertz CT molecular complexity index is 260. The second-order valence-electron chi connectivity index (χ2n) is 3.29. The van der Waals surface area contributed by atoms with Gasteiger partial charge >= 0.3 is 0 Å². The molecule has 1 rings (SSSR count). The zero-order valence-corrected chi connectivity index (χ0v) is 8.25. The van der Waals surface area contributed by atoms with Crippen molar-refractivity contribution in [2.24, 2.45) is 0 Å². The minimum Gasteiger partial charge on any atom is -0.396 e. The third-order valence-corrected chi connectivity index (χ3v) is 2.30. The average Bonchev–Trinajstić information content (AvgIpc) is 2.16. The van der Waals surface area contributed by atoms with Gasteiger partial charge in [-0.1, -0.05) is 24.3 Å². The van der Waals surface area contributed by atoms with E-state index in [1.807, 2.05) is 19.2 Å². The van der Waals surface area contributed by atoms with Gasteiger partial charge in [0.25, 0.3) is 0 Å². The maximum atomic E-state index is 9.20. The highest BCUT2D eigenvalue weighted by molar-refractivity contribution is 5.29. The van der Waals surface area contributed by atoms with Crippen LogP contribution in [0.25, 0.3) is 0 Å². The van der Waals surface area contributed by atoms with Crippen molar-refractivity contribution in [1.82, 2.24) is 5.32 Å². The molecule has 13 heavy (non-hydrogen) atoms. The lowest BCUT2D eigenvalue weighted by Crippen LogP contribution is -2.20. The Kier molecular flexibility index (Phi) is 3.93. The topological polar surface area (TPSA) is 32.3 Å². The molecule has 0 spiro atoms. The third-order valence-electron chi connectivity index (χ3n) is 2.30. The molecule has 0 aromatic heterocycles. The Labute approximate surface area is 79.6 Å². The predicted molar refractivity (Wildman–Crippen MR) is 54.9 cm³/mol. The third kappa shape index (κ3) is 2.54. The van der Waals surface area contributed by atoms with Crippen LogP contribution in [0.1, 0.15) is 17.0 Å². The standard InChI is InChI=1S/C11H17NO/c1-9-5-3-4-6-11(9)10(8-13)7-12-2/h3-6,10,12-13H,7-8H2,1-2H3. The molecule has 2 N–H and O–H groups in total. The molecule has 0 saturated heterocycles. The molecule has 0 amide bonds. The summed E-state index contributed by atoms with van der Waals surface area (Å²) < 4.78 is 0. The second kappa shape index (κ2) is 5.00. The van der Waals surface area contributed by atoms with Gasteiger partial charge in [0.1, 0.15) is 0 Å². The molecule has 0 saturated carbocycles. The van der Waals surface area contributed by atoms with Crippen LogP contribution in [0.2, 0.25) is 0 Å². The summed E-state index contributed by atoms with van der Waals surface area (Å²) in [6, 6.07) is 8.19. The highest BCUT2D eigenvalue weighted by atomic mass is 16.3. The van der Waals surface area contributed by atoms with Crippen molar-refractivity contribution in [3.05, 3.63) is 35.4 Å². The summed E-state index contributed by atoms with van der Waals surface area (Å²) in [6.45, 7) is 3.10. The first-order valence-electron chi connectivity index (χ1n) is 4.60. The van der Waals surface area contributed by atoms with Crippen molar-refractivity contribution in [3.8, 4) is 0 Å². The fourth-order valence-electron chi connectivity index (χ4n) is 1.56. The predicted octanol–water partition coefficient (Wildman–Crippen LogP) is 1.29. The molecule has 1 atom stereocenters. The maximum absolute atomic E-state index is 9.20. The highest BCUT2D eigenvalue weighted by Crippen LogP contribution is 2.18. The van der Waals surface area contributed by atoms with Crippen LogP contribution >= 0.6 is 0 Å². The van der Waals surface area contributed by atoms with Gasteiger partial charge in [-0.2, -0.15) is 0 Å². The molecule has 0 bridgehead atoms. The van der Waals surface area contributed by atoms with Gasteiger partial charge in [0.15, 0.2) is 0 Å². The van der Waals surface area contributed by atoms with Crippen LogP contribution in [-0.2, 0) is 0 Å². The summed E-state index contributed by atoms with van der Waals surface area (Å²) in [5.74, 6) is 0.214. The molecule has 0 fully saturated rings. The molecule has 0 radical (unpaired) electrons. The Balaban J connectivity index is 2.84. The number of aliphatic hydroxyl groups excluding tert-OH is 1. The van der Waals surface area contributed by atoms with Crippen molar-refractivity contribution < 1.29 is 5.11 Å². The second-order valence-corrected chi connectivity index (χ2v) is 3.29. The summed E-state index contributed by atoms with van der Waals surface area (Å²) in [4.78, 5) is 0. The van der Waals surface area contributed by atoms with E-state index in [1.165, 1.54) is 11.1 Å². The minimum atomic E-state index is 0.200. The van der Waals surface area contributed by atoms with Crippen LogP contribution in [0, 0.1) is 6.92 Å². The minimum absolute atomic E-state index is 0.200. The molecule has 2 heteroatoms. The molecular formula is C11H17NO. The van der Waals surface area contributed by atoms with E-state index in [-0.39, 0.29) is 12.5 Å². The van der Waals surface area contributed by atoms with Crippen molar-refractivity contribution >= 4 is 0 Å². The number of likely N-dealkylation sites (N-methyl/N-ethyl adjacent to an activating group) is 1. The Hall–Kier alpha value is -0.860. The van der Waals surface area contributed by atoms with Gasteiger partial charge in [0.2, 0.25) is 0 Å². The van der Waals surface area contributed by atoms with Crippen molar-refractivity contribution in [3.63, 3.8) is 0 Å². The van der Waals surface area contributed by atoms with Crippen molar-refractivity contribution in [2.75, 3.05) is 20.2 Å². The molecule has 0 aliphatic heterocycles. The van der Waals surface area contributed by atoms with Crippen molar-refractivity contribution in [1.29, 1.82) is 0 Å². The molecule has 0 heterocycles. The van der Waals surface area contributed by atoms with Crippen LogP contribution in [0.5, 0.6) is 0 Å². The number of nitrogens with one attached hydrogen (secondary N) is 1. The molecule has 1 aromatic rings. The van der Waals surface area contributed by atoms with Gasteiger partial charge in [-0.15, -0.1) is 0 Å². The summed E-state index contributed by atoms with van der Waals surface area (Å²) in [5.41, 5.74) is 2.48. The molecule has 72 valence electrons. The summed E-state index contributed by atoms with van der Waals surface area (Å²) in [5, 5.41) is 12.3. The lowest BCUT2D eigenvalue weighted by atomic mass is 9.95. The monoisotopic (exact) mass is 179 g/mol. The van der Waals surface area contributed by atoms with Gasteiger partial charge in [-0.05, 0) is 25.1 Å². The smallest absolute Gasteiger partial charge is 0.0512 e. The van der Waals surface area contributed by atoms with E-state index in [1.54, 1.807) is 0 Å². The largest absolute Gasteiger partial charge is 0.396 e. The van der Waals surface area contributed by atoms with E-state index in [9.17, 15) is 5.11 Å². The van der Waals surface area contributed by atoms with Gasteiger partial charge < -0.3 is 10.4 Å². The molecule has 1 aromatic carbocycles. The average molecular weight is 179 g/mol. The quantitative estimate of drug-likeness (QED) is 0.730. The van der Waals surface area contributed by atoms with E-state index in [0.29, 0.717) is 0 Å². The van der Waals surface area contributed by atoms with Crippen molar-refractivity contribution in [2.45, 2.75) is 12.8 Å². The van der Waals surface area contributed by atoms with Crippen LogP contribution in [0.15, 0.2) is 24.3 Å². The fourth-order valence-corrected chi connectivity index (χ4v) is 1.56. The Morgan fingerprint density at radius 2 is 2.08 bits per heavy atom. The Morgan fingerprint density at radius 1 is 1.38 bits per heavy atom. The van der Waals surface area contributed by atoms with E-state index in [2.05, 4.69) is 24.4 Å². The maximum Gasteiger partial charge on any atom is 0.0512 e. The number of rotatable bonds is 4. The molecule has 1 unspecified atom stereocenters. The lowest BCUT2D eigenvalue weighted by Gasteiger charge is -2.16. The first-order valence-corrected chi connectivity index (χ1v) is 4.60. The number of aryl methyl sites for hydroxylation is 1.